The lowest BCUT2D eigenvalue weighted by atomic mass is 10.2. The van der Waals surface area contributed by atoms with E-state index in [2.05, 4.69) is 27.9 Å². The first-order chi connectivity index (χ1) is 12.0. The minimum atomic E-state index is 0.103. The fraction of sp³-hybridized carbons (Fsp3) is 0.300. The maximum absolute atomic E-state index is 12.7. The summed E-state index contributed by atoms with van der Waals surface area (Å²) in [5.41, 5.74) is 5.41. The van der Waals surface area contributed by atoms with Gasteiger partial charge in [0.25, 0.3) is 0 Å². The number of rotatable bonds is 5. The lowest BCUT2D eigenvalue weighted by Crippen LogP contribution is -2.30. The second-order valence-electron chi connectivity index (χ2n) is 6.36. The molecule has 5 heteroatoms. The highest BCUT2D eigenvalue weighted by Crippen LogP contribution is 2.28. The van der Waals surface area contributed by atoms with E-state index in [4.69, 9.17) is 0 Å². The number of hydrogen-bond acceptors (Lipinski definition) is 3. The second kappa shape index (κ2) is 7.23. The highest BCUT2D eigenvalue weighted by molar-refractivity contribution is 7.09. The van der Waals surface area contributed by atoms with Crippen LogP contribution in [-0.2, 0) is 17.9 Å². The van der Waals surface area contributed by atoms with Gasteiger partial charge in [-0.2, -0.15) is 0 Å². The van der Waals surface area contributed by atoms with Crippen LogP contribution in [0.3, 0.4) is 0 Å². The quantitative estimate of drug-likeness (QED) is 0.690. The Morgan fingerprint density at radius 1 is 1.20 bits per heavy atom. The van der Waals surface area contributed by atoms with Crippen molar-refractivity contribution in [2.45, 2.75) is 33.9 Å². The van der Waals surface area contributed by atoms with Gasteiger partial charge in [0, 0.05) is 35.9 Å². The molecule has 0 aliphatic heterocycles. The van der Waals surface area contributed by atoms with E-state index in [1.54, 1.807) is 16.2 Å². The molecular weight excluding hydrogens is 330 g/mol. The Balaban J connectivity index is 1.76. The zero-order valence-corrected chi connectivity index (χ0v) is 15.9. The summed E-state index contributed by atoms with van der Waals surface area (Å²) in [7, 11) is 1.86. The highest BCUT2D eigenvalue weighted by atomic mass is 32.1. The van der Waals surface area contributed by atoms with Crippen molar-refractivity contribution in [1.82, 2.24) is 14.5 Å². The van der Waals surface area contributed by atoms with Crippen LogP contribution in [0, 0.1) is 20.8 Å². The lowest BCUT2D eigenvalue weighted by Gasteiger charge is -2.19. The van der Waals surface area contributed by atoms with Crippen LogP contribution in [0.1, 0.15) is 22.0 Å². The number of nitrogens with zero attached hydrogens (tertiary/aromatic N) is 3. The standard InChI is InChI=1S/C20H23N3OS/c1-14-10-18(19-13-25-16(3)21-19)15(2)23(14)12-20(24)22(4)11-17-8-6-5-7-9-17/h5-10,13H,11-12H2,1-4H3. The van der Waals surface area contributed by atoms with Crippen molar-refractivity contribution < 1.29 is 4.79 Å². The van der Waals surface area contributed by atoms with Crippen LogP contribution >= 0.6 is 11.3 Å². The van der Waals surface area contributed by atoms with E-state index in [1.165, 1.54) is 0 Å². The molecular formula is C20H23N3OS. The Hall–Kier alpha value is -2.40. The van der Waals surface area contributed by atoms with Crippen molar-refractivity contribution >= 4 is 17.2 Å². The molecule has 0 saturated carbocycles. The summed E-state index contributed by atoms with van der Waals surface area (Å²) in [6.45, 7) is 7.08. The van der Waals surface area contributed by atoms with Crippen molar-refractivity contribution in [2.75, 3.05) is 7.05 Å². The predicted molar refractivity (Wildman–Crippen MR) is 103 cm³/mol. The minimum absolute atomic E-state index is 0.103. The topological polar surface area (TPSA) is 38.1 Å². The van der Waals surface area contributed by atoms with Gasteiger partial charge in [-0.1, -0.05) is 30.3 Å². The van der Waals surface area contributed by atoms with Gasteiger partial charge in [-0.3, -0.25) is 4.79 Å². The normalized spacial score (nSPS) is 10.9. The van der Waals surface area contributed by atoms with E-state index >= 15 is 0 Å². The third-order valence-corrected chi connectivity index (χ3v) is 5.22. The van der Waals surface area contributed by atoms with Gasteiger partial charge in [0.15, 0.2) is 0 Å². The van der Waals surface area contributed by atoms with Gasteiger partial charge < -0.3 is 9.47 Å². The molecule has 1 amide bonds. The summed E-state index contributed by atoms with van der Waals surface area (Å²) >= 11 is 1.65. The summed E-state index contributed by atoms with van der Waals surface area (Å²) in [4.78, 5) is 19.0. The van der Waals surface area contributed by atoms with Crippen molar-refractivity contribution in [3.63, 3.8) is 0 Å². The van der Waals surface area contributed by atoms with E-state index in [-0.39, 0.29) is 5.91 Å². The van der Waals surface area contributed by atoms with E-state index in [1.807, 2.05) is 51.2 Å². The lowest BCUT2D eigenvalue weighted by molar-refractivity contribution is -0.131. The van der Waals surface area contributed by atoms with E-state index in [0.717, 1.165) is 33.2 Å². The summed E-state index contributed by atoms with van der Waals surface area (Å²) < 4.78 is 2.08. The molecule has 2 heterocycles. The molecule has 0 fully saturated rings. The third kappa shape index (κ3) is 3.82. The van der Waals surface area contributed by atoms with E-state index in [9.17, 15) is 4.79 Å². The Kier molecular flexibility index (Phi) is 5.04. The van der Waals surface area contributed by atoms with Gasteiger partial charge >= 0.3 is 0 Å². The Morgan fingerprint density at radius 2 is 1.92 bits per heavy atom. The van der Waals surface area contributed by atoms with Crippen LogP contribution in [-0.4, -0.2) is 27.4 Å². The van der Waals surface area contributed by atoms with Crippen LogP contribution in [0.4, 0.5) is 0 Å². The minimum Gasteiger partial charge on any atom is -0.340 e. The average Bonchev–Trinajstić information content (AvgIpc) is 3.14. The van der Waals surface area contributed by atoms with Crippen molar-refractivity contribution in [3.05, 3.63) is 63.7 Å². The molecule has 3 aromatic rings. The third-order valence-electron chi connectivity index (χ3n) is 4.45. The number of likely N-dealkylation sites (N-methyl/N-ethyl adjacent to an activating group) is 1. The molecule has 3 rings (SSSR count). The van der Waals surface area contributed by atoms with Gasteiger partial charge in [-0.05, 0) is 32.4 Å². The first kappa shape index (κ1) is 17.4. The van der Waals surface area contributed by atoms with Crippen molar-refractivity contribution in [3.8, 4) is 11.3 Å². The fourth-order valence-electron chi connectivity index (χ4n) is 2.99. The molecule has 0 aliphatic carbocycles. The van der Waals surface area contributed by atoms with Gasteiger partial charge in [0.05, 0.1) is 10.7 Å². The average molecular weight is 353 g/mol. The predicted octanol–water partition coefficient (Wildman–Crippen LogP) is 4.20. The molecule has 1 aromatic carbocycles. The number of thiazole rings is 1. The molecule has 0 atom stereocenters. The number of carbonyl (C=O) groups excluding carboxylic acids is 1. The largest absolute Gasteiger partial charge is 0.340 e. The SMILES string of the molecule is Cc1nc(-c2cc(C)n(CC(=O)N(C)Cc3ccccc3)c2C)cs1. The maximum Gasteiger partial charge on any atom is 0.242 e. The smallest absolute Gasteiger partial charge is 0.242 e. The molecule has 0 radical (unpaired) electrons. The number of aromatic nitrogens is 2. The number of benzene rings is 1. The number of carbonyl (C=O) groups is 1. The molecule has 0 bridgehead atoms. The van der Waals surface area contributed by atoms with Crippen LogP contribution < -0.4 is 0 Å². The molecule has 25 heavy (non-hydrogen) atoms. The number of amides is 1. The molecule has 0 N–H and O–H groups in total. The first-order valence-corrected chi connectivity index (χ1v) is 9.21. The van der Waals surface area contributed by atoms with Gasteiger partial charge in [-0.15, -0.1) is 11.3 Å². The van der Waals surface area contributed by atoms with Gasteiger partial charge in [-0.25, -0.2) is 4.98 Å². The fourth-order valence-corrected chi connectivity index (χ4v) is 3.61. The van der Waals surface area contributed by atoms with Gasteiger partial charge in [0.2, 0.25) is 5.91 Å². The van der Waals surface area contributed by atoms with Crippen LogP contribution in [0.25, 0.3) is 11.3 Å². The molecule has 0 spiro atoms. The first-order valence-electron chi connectivity index (χ1n) is 8.33. The number of aryl methyl sites for hydroxylation is 2. The monoisotopic (exact) mass is 353 g/mol. The van der Waals surface area contributed by atoms with Crippen LogP contribution in [0.2, 0.25) is 0 Å². The van der Waals surface area contributed by atoms with E-state index < -0.39 is 0 Å². The summed E-state index contributed by atoms with van der Waals surface area (Å²) in [5.74, 6) is 0.103. The Bertz CT molecular complexity index is 880. The van der Waals surface area contributed by atoms with Crippen molar-refractivity contribution in [1.29, 1.82) is 0 Å². The number of hydrogen-bond donors (Lipinski definition) is 0. The van der Waals surface area contributed by atoms with Gasteiger partial charge in [0.1, 0.15) is 6.54 Å². The summed E-state index contributed by atoms with van der Waals surface area (Å²) in [6.07, 6.45) is 0. The Morgan fingerprint density at radius 3 is 2.56 bits per heavy atom. The zero-order valence-electron chi connectivity index (χ0n) is 15.1. The Labute approximate surface area is 152 Å². The molecule has 0 unspecified atom stereocenters. The summed E-state index contributed by atoms with van der Waals surface area (Å²) in [5, 5.41) is 3.13. The van der Waals surface area contributed by atoms with Crippen LogP contribution in [0.5, 0.6) is 0 Å². The van der Waals surface area contributed by atoms with Crippen LogP contribution in [0.15, 0.2) is 41.8 Å². The van der Waals surface area contributed by atoms with E-state index in [0.29, 0.717) is 13.1 Å². The molecule has 0 saturated heterocycles. The molecule has 4 nitrogen and oxygen atoms in total. The second-order valence-corrected chi connectivity index (χ2v) is 7.42. The molecule has 2 aromatic heterocycles. The molecule has 130 valence electrons. The molecule has 0 aliphatic rings. The summed E-state index contributed by atoms with van der Waals surface area (Å²) in [6, 6.07) is 12.2. The van der Waals surface area contributed by atoms with Crippen molar-refractivity contribution in [2.24, 2.45) is 0 Å². The highest BCUT2D eigenvalue weighted by Gasteiger charge is 2.17. The zero-order chi connectivity index (χ0) is 18.0. The maximum atomic E-state index is 12.7.